The van der Waals surface area contributed by atoms with E-state index < -0.39 is 0 Å². The molecule has 3 aromatic rings. The Morgan fingerprint density at radius 3 is 2.50 bits per heavy atom. The van der Waals surface area contributed by atoms with Crippen LogP contribution in [-0.4, -0.2) is 5.97 Å². The highest BCUT2D eigenvalue weighted by atomic mass is 35.5. The highest BCUT2D eigenvalue weighted by Crippen LogP contribution is 2.24. The molecule has 26 heavy (non-hydrogen) atoms. The third-order valence-electron chi connectivity index (χ3n) is 4.28. The Bertz CT molecular complexity index is 837. The number of ether oxygens (including phenoxy) is 1. The minimum atomic E-state index is -0.289. The van der Waals surface area contributed by atoms with Crippen molar-refractivity contribution >= 4 is 17.6 Å². The second-order valence-electron chi connectivity index (χ2n) is 6.20. The zero-order valence-corrected chi connectivity index (χ0v) is 15.4. The fourth-order valence-corrected chi connectivity index (χ4v) is 3.01. The molecule has 1 unspecified atom stereocenters. The summed E-state index contributed by atoms with van der Waals surface area (Å²) in [7, 11) is 0. The molecule has 0 aliphatic rings. The van der Waals surface area contributed by atoms with Crippen molar-refractivity contribution in [3.63, 3.8) is 0 Å². The Hall–Kier alpha value is -2.52. The van der Waals surface area contributed by atoms with Gasteiger partial charge in [-0.3, -0.25) is 4.79 Å². The maximum atomic E-state index is 12.4. The molecule has 3 nitrogen and oxygen atoms in total. The van der Waals surface area contributed by atoms with E-state index >= 15 is 0 Å². The second-order valence-corrected chi connectivity index (χ2v) is 6.64. The molecule has 0 bridgehead atoms. The minimum Gasteiger partial charge on any atom is -0.469 e. The van der Waals surface area contributed by atoms with Gasteiger partial charge < -0.3 is 9.15 Å². The number of carbonyl (C=O) groups excluding carboxylic acids is 1. The molecule has 4 heteroatoms. The number of hydrogen-bond acceptors (Lipinski definition) is 3. The van der Waals surface area contributed by atoms with Gasteiger partial charge in [-0.2, -0.15) is 0 Å². The maximum absolute atomic E-state index is 12.4. The van der Waals surface area contributed by atoms with Crippen LogP contribution in [0.25, 0.3) is 0 Å². The number of furan rings is 1. The van der Waals surface area contributed by atoms with Crippen LogP contribution in [0.2, 0.25) is 5.02 Å². The third kappa shape index (κ3) is 4.77. The van der Waals surface area contributed by atoms with Gasteiger partial charge in [-0.15, -0.1) is 0 Å². The van der Waals surface area contributed by atoms with Gasteiger partial charge in [-0.25, -0.2) is 0 Å². The molecule has 1 heterocycles. The van der Waals surface area contributed by atoms with E-state index in [1.807, 2.05) is 43.3 Å². The first-order valence-corrected chi connectivity index (χ1v) is 9.06. The van der Waals surface area contributed by atoms with Crippen LogP contribution in [0.1, 0.15) is 41.7 Å². The predicted molar refractivity (Wildman–Crippen MR) is 102 cm³/mol. The third-order valence-corrected chi connectivity index (χ3v) is 4.53. The molecule has 2 aromatic carbocycles. The molecule has 0 aliphatic heterocycles. The molecule has 134 valence electrons. The smallest absolute Gasteiger partial charge is 0.313 e. The van der Waals surface area contributed by atoms with Gasteiger partial charge in [-0.05, 0) is 35.7 Å². The fraction of sp³-hybridized carbons (Fsp3) is 0.227. The molecular formula is C22H21ClO3. The molecular weight excluding hydrogens is 348 g/mol. The predicted octanol–water partition coefficient (Wildman–Crippen LogP) is 5.76. The molecule has 0 aliphatic carbocycles. The Labute approximate surface area is 158 Å². The van der Waals surface area contributed by atoms with Crippen LogP contribution < -0.4 is 0 Å². The summed E-state index contributed by atoms with van der Waals surface area (Å²) in [6.07, 6.45) is 3.04. The summed E-state index contributed by atoms with van der Waals surface area (Å²) in [5, 5.41) is 0.654. The zero-order chi connectivity index (χ0) is 18.4. The lowest BCUT2D eigenvalue weighted by atomic mass is 9.97. The number of esters is 1. The molecule has 3 rings (SSSR count). The van der Waals surface area contributed by atoms with Crippen molar-refractivity contribution in [2.45, 2.75) is 32.3 Å². The van der Waals surface area contributed by atoms with Gasteiger partial charge in [0, 0.05) is 17.0 Å². The van der Waals surface area contributed by atoms with E-state index in [0.29, 0.717) is 11.4 Å². The summed E-state index contributed by atoms with van der Waals surface area (Å²) in [6.45, 7) is 2.18. The van der Waals surface area contributed by atoms with Crippen molar-refractivity contribution in [2.75, 3.05) is 0 Å². The summed E-state index contributed by atoms with van der Waals surface area (Å²) in [5.74, 6) is 0.329. The van der Waals surface area contributed by atoms with E-state index in [1.54, 1.807) is 18.4 Å². The van der Waals surface area contributed by atoms with Gasteiger partial charge in [0.05, 0.1) is 12.2 Å². The summed E-state index contributed by atoms with van der Waals surface area (Å²) in [6, 6.07) is 19.4. The highest BCUT2D eigenvalue weighted by molar-refractivity contribution is 6.30. The molecule has 0 radical (unpaired) electrons. The van der Waals surface area contributed by atoms with E-state index in [9.17, 15) is 4.79 Å². The van der Waals surface area contributed by atoms with Crippen molar-refractivity contribution < 1.29 is 13.9 Å². The standard InChI is InChI=1S/C22H21ClO3/c1-2-21(18-8-10-19(23)11-9-18)22(24)26-15-17-13-20(25-14-17)12-16-6-4-3-5-7-16/h3-11,13-14,21H,2,12,15H2,1H3. The van der Waals surface area contributed by atoms with Crippen LogP contribution in [0.15, 0.2) is 71.3 Å². The maximum Gasteiger partial charge on any atom is 0.313 e. The fourth-order valence-electron chi connectivity index (χ4n) is 2.88. The number of hydrogen-bond donors (Lipinski definition) is 0. The summed E-state index contributed by atoms with van der Waals surface area (Å²) in [5.41, 5.74) is 2.95. The lowest BCUT2D eigenvalue weighted by Gasteiger charge is -2.14. The second kappa shape index (κ2) is 8.72. The molecule has 0 saturated carbocycles. The van der Waals surface area contributed by atoms with Crippen LogP contribution in [-0.2, 0) is 22.6 Å². The van der Waals surface area contributed by atoms with Crippen molar-refractivity contribution in [1.82, 2.24) is 0 Å². The van der Waals surface area contributed by atoms with Gasteiger partial charge >= 0.3 is 5.97 Å². The van der Waals surface area contributed by atoms with E-state index in [4.69, 9.17) is 20.8 Å². The lowest BCUT2D eigenvalue weighted by Crippen LogP contribution is -2.15. The van der Waals surface area contributed by atoms with Crippen LogP contribution >= 0.6 is 11.6 Å². The summed E-state index contributed by atoms with van der Waals surface area (Å²) in [4.78, 5) is 12.4. The summed E-state index contributed by atoms with van der Waals surface area (Å²) >= 11 is 5.91. The normalized spacial score (nSPS) is 11.9. The Morgan fingerprint density at radius 1 is 1.08 bits per heavy atom. The lowest BCUT2D eigenvalue weighted by molar-refractivity contribution is -0.146. The summed E-state index contributed by atoms with van der Waals surface area (Å²) < 4.78 is 11.1. The molecule has 1 aromatic heterocycles. The molecule has 0 saturated heterocycles. The van der Waals surface area contributed by atoms with Gasteiger partial charge in [0.15, 0.2) is 0 Å². The average molecular weight is 369 g/mol. The van der Waals surface area contributed by atoms with Gasteiger partial charge in [-0.1, -0.05) is 61.0 Å². The quantitative estimate of drug-likeness (QED) is 0.497. The van der Waals surface area contributed by atoms with Crippen LogP contribution in [0, 0.1) is 0 Å². The molecule has 0 fully saturated rings. The van der Waals surface area contributed by atoms with Crippen molar-refractivity contribution in [2.24, 2.45) is 0 Å². The highest BCUT2D eigenvalue weighted by Gasteiger charge is 2.20. The average Bonchev–Trinajstić information content (AvgIpc) is 3.10. The first kappa shape index (κ1) is 18.3. The van der Waals surface area contributed by atoms with Gasteiger partial charge in [0.2, 0.25) is 0 Å². The van der Waals surface area contributed by atoms with Crippen molar-refractivity contribution in [3.8, 4) is 0 Å². The van der Waals surface area contributed by atoms with E-state index in [-0.39, 0.29) is 18.5 Å². The Balaban J connectivity index is 1.58. The number of benzene rings is 2. The van der Waals surface area contributed by atoms with Crippen molar-refractivity contribution in [3.05, 3.63) is 94.4 Å². The van der Waals surface area contributed by atoms with Gasteiger partial charge in [0.1, 0.15) is 12.4 Å². The Morgan fingerprint density at radius 2 is 1.81 bits per heavy atom. The topological polar surface area (TPSA) is 39.4 Å². The molecule has 0 spiro atoms. The Kier molecular flexibility index (Phi) is 6.13. The molecule has 0 amide bonds. The van der Waals surface area contributed by atoms with Crippen LogP contribution in [0.4, 0.5) is 0 Å². The van der Waals surface area contributed by atoms with E-state index in [1.165, 1.54) is 5.56 Å². The monoisotopic (exact) mass is 368 g/mol. The van der Waals surface area contributed by atoms with E-state index in [0.717, 1.165) is 23.3 Å². The van der Waals surface area contributed by atoms with Gasteiger partial charge in [0.25, 0.3) is 0 Å². The molecule has 0 N–H and O–H groups in total. The van der Waals surface area contributed by atoms with Crippen molar-refractivity contribution in [1.29, 1.82) is 0 Å². The first-order chi connectivity index (χ1) is 12.7. The van der Waals surface area contributed by atoms with E-state index in [2.05, 4.69) is 12.1 Å². The minimum absolute atomic E-state index is 0.210. The van der Waals surface area contributed by atoms with Crippen LogP contribution in [0.5, 0.6) is 0 Å². The number of halogens is 1. The number of rotatable bonds is 7. The SMILES string of the molecule is CCC(C(=O)OCc1coc(Cc2ccccc2)c1)c1ccc(Cl)cc1. The largest absolute Gasteiger partial charge is 0.469 e. The number of carbonyl (C=O) groups is 1. The van der Waals surface area contributed by atoms with Crippen LogP contribution in [0.3, 0.4) is 0 Å². The first-order valence-electron chi connectivity index (χ1n) is 8.68. The zero-order valence-electron chi connectivity index (χ0n) is 14.7. The molecule has 1 atom stereocenters.